The van der Waals surface area contributed by atoms with Gasteiger partial charge in [-0.05, 0) is 6.42 Å². The van der Waals surface area contributed by atoms with Crippen LogP contribution in [0, 0.1) is 6.92 Å². The first kappa shape index (κ1) is 7.27. The van der Waals surface area contributed by atoms with Crippen LogP contribution in [0.5, 0.6) is 0 Å². The Morgan fingerprint density at radius 2 is 2.38 bits per heavy atom. The average Bonchev–Trinajstić information content (AvgIpc) is 1.66. The summed E-state index contributed by atoms with van der Waals surface area (Å²) < 4.78 is 0. The van der Waals surface area contributed by atoms with Gasteiger partial charge in [-0.25, -0.2) is 4.79 Å². The monoisotopic (exact) mass is 115 g/mol. The number of primary amides is 1. The topological polar surface area (TPSA) is 55.1 Å². The summed E-state index contributed by atoms with van der Waals surface area (Å²) in [6.45, 7) is 4.23. The summed E-state index contributed by atoms with van der Waals surface area (Å²) in [5, 5.41) is 2.45. The molecule has 0 aromatic rings. The highest BCUT2D eigenvalue weighted by Gasteiger charge is 1.86. The lowest BCUT2D eigenvalue weighted by atomic mass is 10.3. The molecule has 3 N–H and O–H groups in total. The van der Waals surface area contributed by atoms with E-state index in [4.69, 9.17) is 5.73 Å². The molecule has 0 saturated heterocycles. The Bertz CT molecular complexity index is 72.8. The zero-order valence-corrected chi connectivity index (χ0v) is 4.81. The maximum absolute atomic E-state index is 9.96. The molecule has 3 heteroatoms. The normalized spacial score (nSPS) is 8.62. The number of nitrogens with two attached hydrogens (primary N) is 1. The lowest BCUT2D eigenvalue weighted by Gasteiger charge is -1.96. The van der Waals surface area contributed by atoms with E-state index in [1.54, 1.807) is 0 Å². The third-order valence-electron chi connectivity index (χ3n) is 0.726. The molecule has 0 aromatic carbocycles. The molecule has 0 atom stereocenters. The third-order valence-corrected chi connectivity index (χ3v) is 0.726. The molecule has 0 aliphatic carbocycles. The fraction of sp³-hybridized carbons (Fsp3) is 0.600. The quantitative estimate of drug-likeness (QED) is 0.509. The van der Waals surface area contributed by atoms with Crippen LogP contribution in [0.1, 0.15) is 12.8 Å². The molecule has 0 bridgehead atoms. The molecule has 1 radical (unpaired) electrons. The van der Waals surface area contributed by atoms with E-state index < -0.39 is 6.03 Å². The van der Waals surface area contributed by atoms with E-state index in [-0.39, 0.29) is 0 Å². The number of amides is 2. The first-order valence-corrected chi connectivity index (χ1v) is 2.60. The van der Waals surface area contributed by atoms with Gasteiger partial charge in [-0.1, -0.05) is 13.3 Å². The van der Waals surface area contributed by atoms with Crippen molar-refractivity contribution < 1.29 is 4.79 Å². The molecular weight excluding hydrogens is 104 g/mol. The standard InChI is InChI=1S/C5H11N2O/c1-2-3-4-7-5(6)8/h1-4H2,(H3,6,7,8). The van der Waals surface area contributed by atoms with Crippen LogP contribution >= 0.6 is 0 Å². The van der Waals surface area contributed by atoms with Crippen LogP contribution in [-0.4, -0.2) is 12.6 Å². The Morgan fingerprint density at radius 3 is 2.75 bits per heavy atom. The van der Waals surface area contributed by atoms with Gasteiger partial charge >= 0.3 is 6.03 Å². The van der Waals surface area contributed by atoms with Crippen LogP contribution in [0.25, 0.3) is 0 Å². The molecule has 0 heterocycles. The number of hydrogen-bond acceptors (Lipinski definition) is 1. The minimum atomic E-state index is -0.460. The number of unbranched alkanes of at least 4 members (excludes halogenated alkanes) is 1. The lowest BCUT2D eigenvalue weighted by Crippen LogP contribution is -2.29. The lowest BCUT2D eigenvalue weighted by molar-refractivity contribution is 0.249. The molecule has 3 nitrogen and oxygen atoms in total. The highest BCUT2D eigenvalue weighted by atomic mass is 16.2. The first-order valence-electron chi connectivity index (χ1n) is 2.60. The molecule has 0 aliphatic rings. The van der Waals surface area contributed by atoms with Gasteiger partial charge in [0.25, 0.3) is 0 Å². The van der Waals surface area contributed by atoms with E-state index in [0.29, 0.717) is 6.54 Å². The van der Waals surface area contributed by atoms with Crippen molar-refractivity contribution >= 4 is 6.03 Å². The zero-order valence-electron chi connectivity index (χ0n) is 4.81. The zero-order chi connectivity index (χ0) is 6.41. The van der Waals surface area contributed by atoms with Crippen LogP contribution in [0.2, 0.25) is 0 Å². The molecule has 0 rings (SSSR count). The van der Waals surface area contributed by atoms with Crippen molar-refractivity contribution in [1.29, 1.82) is 0 Å². The predicted octanol–water partition coefficient (Wildman–Crippen LogP) is 0.269. The summed E-state index contributed by atoms with van der Waals surface area (Å²) in [6.07, 6.45) is 1.73. The minimum Gasteiger partial charge on any atom is -0.352 e. The van der Waals surface area contributed by atoms with Gasteiger partial charge in [-0.2, -0.15) is 0 Å². The van der Waals surface area contributed by atoms with Crippen molar-refractivity contribution in [2.24, 2.45) is 5.73 Å². The smallest absolute Gasteiger partial charge is 0.312 e. The fourth-order valence-corrected chi connectivity index (χ4v) is 0.337. The fourth-order valence-electron chi connectivity index (χ4n) is 0.337. The molecule has 0 unspecified atom stereocenters. The number of urea groups is 1. The Kier molecular flexibility index (Phi) is 4.03. The molecule has 0 saturated carbocycles. The summed E-state index contributed by atoms with van der Waals surface area (Å²) >= 11 is 0. The highest BCUT2D eigenvalue weighted by Crippen LogP contribution is 1.79. The molecule has 0 fully saturated rings. The van der Waals surface area contributed by atoms with E-state index in [1.807, 2.05) is 0 Å². The highest BCUT2D eigenvalue weighted by molar-refractivity contribution is 5.71. The SMILES string of the molecule is [CH2]CCCNC(N)=O. The van der Waals surface area contributed by atoms with Crippen LogP contribution in [-0.2, 0) is 0 Å². The van der Waals surface area contributed by atoms with Crippen molar-refractivity contribution in [1.82, 2.24) is 5.32 Å². The summed E-state index contributed by atoms with van der Waals surface area (Å²) in [6, 6.07) is -0.460. The van der Waals surface area contributed by atoms with E-state index in [1.165, 1.54) is 0 Å². The minimum absolute atomic E-state index is 0.460. The summed E-state index contributed by atoms with van der Waals surface area (Å²) in [5.74, 6) is 0. The van der Waals surface area contributed by atoms with Crippen LogP contribution < -0.4 is 11.1 Å². The number of nitrogens with one attached hydrogen (secondary N) is 1. The Morgan fingerprint density at radius 1 is 1.75 bits per heavy atom. The van der Waals surface area contributed by atoms with Gasteiger partial charge in [-0.3, -0.25) is 0 Å². The molecular formula is C5H11N2O. The second-order valence-corrected chi connectivity index (χ2v) is 1.50. The summed E-state index contributed by atoms with van der Waals surface area (Å²) in [5.41, 5.74) is 4.76. The van der Waals surface area contributed by atoms with Crippen molar-refractivity contribution in [3.05, 3.63) is 6.92 Å². The maximum atomic E-state index is 9.96. The Labute approximate surface area is 49.3 Å². The maximum Gasteiger partial charge on any atom is 0.312 e. The van der Waals surface area contributed by atoms with Gasteiger partial charge < -0.3 is 11.1 Å². The van der Waals surface area contributed by atoms with E-state index >= 15 is 0 Å². The number of carbonyl (C=O) groups is 1. The second-order valence-electron chi connectivity index (χ2n) is 1.50. The molecule has 0 spiro atoms. The van der Waals surface area contributed by atoms with Crippen molar-refractivity contribution in [2.45, 2.75) is 12.8 Å². The second kappa shape index (κ2) is 4.43. The average molecular weight is 115 g/mol. The molecule has 47 valence electrons. The number of carbonyl (C=O) groups excluding carboxylic acids is 1. The van der Waals surface area contributed by atoms with Gasteiger partial charge in [0.1, 0.15) is 0 Å². The first-order chi connectivity index (χ1) is 3.77. The predicted molar refractivity (Wildman–Crippen MR) is 32.2 cm³/mol. The van der Waals surface area contributed by atoms with Crippen molar-refractivity contribution in [3.8, 4) is 0 Å². The number of rotatable bonds is 3. The summed E-state index contributed by atoms with van der Waals surface area (Å²) in [7, 11) is 0. The van der Waals surface area contributed by atoms with Crippen LogP contribution in [0.3, 0.4) is 0 Å². The molecule has 2 amide bonds. The number of hydrogen-bond donors (Lipinski definition) is 2. The van der Waals surface area contributed by atoms with Crippen LogP contribution in [0.4, 0.5) is 4.79 Å². The van der Waals surface area contributed by atoms with Gasteiger partial charge in [0.2, 0.25) is 0 Å². The summed E-state index contributed by atoms with van der Waals surface area (Å²) in [4.78, 5) is 9.96. The molecule has 0 aromatic heterocycles. The Hall–Kier alpha value is -0.730. The van der Waals surface area contributed by atoms with E-state index in [0.717, 1.165) is 12.8 Å². The largest absolute Gasteiger partial charge is 0.352 e. The van der Waals surface area contributed by atoms with E-state index in [2.05, 4.69) is 12.2 Å². The molecule has 0 aliphatic heterocycles. The third kappa shape index (κ3) is 5.27. The van der Waals surface area contributed by atoms with E-state index in [9.17, 15) is 4.79 Å². The van der Waals surface area contributed by atoms with Gasteiger partial charge in [0, 0.05) is 6.54 Å². The van der Waals surface area contributed by atoms with Gasteiger partial charge in [-0.15, -0.1) is 0 Å². The van der Waals surface area contributed by atoms with Crippen molar-refractivity contribution in [2.75, 3.05) is 6.54 Å². The molecule has 8 heavy (non-hydrogen) atoms. The van der Waals surface area contributed by atoms with Crippen molar-refractivity contribution in [3.63, 3.8) is 0 Å². The van der Waals surface area contributed by atoms with Gasteiger partial charge in [0.15, 0.2) is 0 Å². The van der Waals surface area contributed by atoms with Crippen LogP contribution in [0.15, 0.2) is 0 Å². The van der Waals surface area contributed by atoms with Gasteiger partial charge in [0.05, 0.1) is 0 Å². The Balaban J connectivity index is 2.82.